The lowest BCUT2D eigenvalue weighted by Gasteiger charge is -2.12. The van der Waals surface area contributed by atoms with E-state index in [0.717, 1.165) is 0 Å². The van der Waals surface area contributed by atoms with Gasteiger partial charge in [-0.1, -0.05) is 30.1 Å². The molecule has 106 valence electrons. The molecule has 8 heteroatoms. The van der Waals surface area contributed by atoms with E-state index in [-0.39, 0.29) is 5.02 Å². The molecule has 0 aliphatic rings. The average molecular weight is 325 g/mol. The fourth-order valence-corrected chi connectivity index (χ4v) is 2.43. The number of hydrogen-bond acceptors (Lipinski definition) is 3. The van der Waals surface area contributed by atoms with Crippen molar-refractivity contribution in [1.82, 2.24) is 4.72 Å². The van der Waals surface area contributed by atoms with Crippen molar-refractivity contribution in [2.45, 2.75) is 25.5 Å². The van der Waals surface area contributed by atoms with Crippen LogP contribution < -0.4 is 10.0 Å². The van der Waals surface area contributed by atoms with E-state index in [1.807, 2.05) is 4.72 Å². The summed E-state index contributed by atoms with van der Waals surface area (Å²) in [5, 5.41) is 2.34. The molecule has 0 spiro atoms. The van der Waals surface area contributed by atoms with Gasteiger partial charge in [-0.15, -0.1) is 0 Å². The van der Waals surface area contributed by atoms with E-state index in [2.05, 4.69) is 5.32 Å². The van der Waals surface area contributed by atoms with Gasteiger partial charge in [0, 0.05) is 5.69 Å². The topological polar surface area (TPSA) is 75.3 Å². The molecule has 0 bridgehead atoms. The first-order chi connectivity index (χ1) is 8.76. The van der Waals surface area contributed by atoms with Crippen molar-refractivity contribution in [2.75, 3.05) is 5.32 Å². The number of hydrogen-bond donors (Lipinski definition) is 2. The van der Waals surface area contributed by atoms with Gasteiger partial charge >= 0.3 is 6.03 Å². The fourth-order valence-electron chi connectivity index (χ4n) is 1.18. The molecular formula is C11H14Cl2N2O3S. The highest BCUT2D eigenvalue weighted by Gasteiger charge is 2.21. The number of carbonyl (C=O) groups is 1. The molecule has 1 aromatic rings. The minimum atomic E-state index is -3.67. The molecule has 0 aliphatic heterocycles. The van der Waals surface area contributed by atoms with E-state index in [0.29, 0.717) is 17.1 Å². The lowest BCUT2D eigenvalue weighted by atomic mass is 10.3. The van der Waals surface area contributed by atoms with Gasteiger partial charge in [0.1, 0.15) is 0 Å². The average Bonchev–Trinajstić information content (AvgIpc) is 2.32. The quantitative estimate of drug-likeness (QED) is 0.892. The normalized spacial score (nSPS) is 12.8. The van der Waals surface area contributed by atoms with E-state index in [4.69, 9.17) is 23.2 Å². The van der Waals surface area contributed by atoms with Gasteiger partial charge in [-0.3, -0.25) is 0 Å². The maximum Gasteiger partial charge on any atom is 0.332 e. The Balaban J connectivity index is 2.73. The van der Waals surface area contributed by atoms with Crippen LogP contribution in [0.4, 0.5) is 10.5 Å². The zero-order chi connectivity index (χ0) is 14.6. The van der Waals surface area contributed by atoms with Crippen molar-refractivity contribution >= 4 is 44.9 Å². The Bertz CT molecular complexity index is 575. The molecule has 0 fully saturated rings. The maximum absolute atomic E-state index is 11.7. The predicted octanol–water partition coefficient (Wildman–Crippen LogP) is 3.24. The third-order valence-corrected chi connectivity index (χ3v) is 5.12. The van der Waals surface area contributed by atoms with Crippen LogP contribution in [0.3, 0.4) is 0 Å². The third-order valence-electron chi connectivity index (χ3n) is 2.52. The van der Waals surface area contributed by atoms with Crippen LogP contribution in [-0.4, -0.2) is 19.7 Å². The molecule has 1 rings (SSSR count). The zero-order valence-corrected chi connectivity index (χ0v) is 12.7. The summed E-state index contributed by atoms with van der Waals surface area (Å²) in [6, 6.07) is 3.62. The van der Waals surface area contributed by atoms with Gasteiger partial charge in [0.15, 0.2) is 0 Å². The number of amides is 2. The van der Waals surface area contributed by atoms with E-state index >= 15 is 0 Å². The highest BCUT2D eigenvalue weighted by atomic mass is 35.5. The highest BCUT2D eigenvalue weighted by Crippen LogP contribution is 2.24. The van der Waals surface area contributed by atoms with Gasteiger partial charge < -0.3 is 5.32 Å². The van der Waals surface area contributed by atoms with Crippen LogP contribution in [0.15, 0.2) is 18.2 Å². The number of nitrogens with one attached hydrogen (secondary N) is 2. The molecule has 0 heterocycles. The summed E-state index contributed by atoms with van der Waals surface area (Å²) >= 11 is 11.5. The van der Waals surface area contributed by atoms with Gasteiger partial charge in [-0.05, 0) is 31.5 Å². The van der Waals surface area contributed by atoms with Crippen LogP contribution in [0.5, 0.6) is 0 Å². The van der Waals surface area contributed by atoms with E-state index in [1.54, 1.807) is 6.92 Å². The largest absolute Gasteiger partial charge is 0.332 e. The number of halogens is 2. The summed E-state index contributed by atoms with van der Waals surface area (Å²) in [4.78, 5) is 11.6. The summed E-state index contributed by atoms with van der Waals surface area (Å²) in [5.74, 6) is 0. The minimum absolute atomic E-state index is 0.268. The second kappa shape index (κ2) is 6.45. The van der Waals surface area contributed by atoms with Crippen LogP contribution in [0.1, 0.15) is 20.3 Å². The molecular weight excluding hydrogens is 311 g/mol. The number of rotatable bonds is 4. The van der Waals surface area contributed by atoms with Crippen molar-refractivity contribution in [3.05, 3.63) is 28.2 Å². The molecule has 0 saturated heterocycles. The Morgan fingerprint density at radius 1 is 1.32 bits per heavy atom. The summed E-state index contributed by atoms with van der Waals surface area (Å²) < 4.78 is 25.3. The summed E-state index contributed by atoms with van der Waals surface area (Å²) in [6.07, 6.45) is 0.412. The smallest absolute Gasteiger partial charge is 0.307 e. The Morgan fingerprint density at radius 2 is 1.95 bits per heavy atom. The Hall–Kier alpha value is -0.980. The minimum Gasteiger partial charge on any atom is -0.307 e. The molecule has 0 aromatic heterocycles. The first-order valence-corrected chi connectivity index (χ1v) is 7.84. The van der Waals surface area contributed by atoms with E-state index < -0.39 is 21.3 Å². The lowest BCUT2D eigenvalue weighted by Crippen LogP contribution is -2.39. The molecule has 2 amide bonds. The van der Waals surface area contributed by atoms with Crippen LogP contribution in [-0.2, 0) is 10.0 Å². The SMILES string of the molecule is CCC(C)S(=O)(=O)NC(=O)Nc1ccc(Cl)c(Cl)c1. The van der Waals surface area contributed by atoms with Crippen molar-refractivity contribution in [1.29, 1.82) is 0 Å². The predicted molar refractivity (Wildman–Crippen MR) is 77.3 cm³/mol. The van der Waals surface area contributed by atoms with Crippen molar-refractivity contribution in [3.63, 3.8) is 0 Å². The Kier molecular flexibility index (Phi) is 5.46. The van der Waals surface area contributed by atoms with Gasteiger partial charge in [0.25, 0.3) is 0 Å². The van der Waals surface area contributed by atoms with Gasteiger partial charge in [-0.2, -0.15) is 0 Å². The summed E-state index contributed by atoms with van der Waals surface area (Å²) in [7, 11) is -3.67. The molecule has 19 heavy (non-hydrogen) atoms. The van der Waals surface area contributed by atoms with Crippen molar-refractivity contribution in [2.24, 2.45) is 0 Å². The Labute approximate surface area is 122 Å². The van der Waals surface area contributed by atoms with Crippen molar-refractivity contribution in [3.8, 4) is 0 Å². The van der Waals surface area contributed by atoms with Gasteiger partial charge in [0.05, 0.1) is 15.3 Å². The second-order valence-electron chi connectivity index (χ2n) is 3.95. The molecule has 0 aliphatic carbocycles. The molecule has 0 saturated carbocycles. The number of sulfonamides is 1. The number of carbonyl (C=O) groups excluding carboxylic acids is 1. The fraction of sp³-hybridized carbons (Fsp3) is 0.364. The van der Waals surface area contributed by atoms with E-state index in [1.165, 1.54) is 25.1 Å². The van der Waals surface area contributed by atoms with Crippen LogP contribution in [0.2, 0.25) is 10.0 Å². The maximum atomic E-state index is 11.7. The van der Waals surface area contributed by atoms with E-state index in [9.17, 15) is 13.2 Å². The van der Waals surface area contributed by atoms with Gasteiger partial charge in [-0.25, -0.2) is 17.9 Å². The number of urea groups is 1. The van der Waals surface area contributed by atoms with Crippen LogP contribution in [0, 0.1) is 0 Å². The zero-order valence-electron chi connectivity index (χ0n) is 10.4. The molecule has 0 radical (unpaired) electrons. The first-order valence-electron chi connectivity index (χ1n) is 5.54. The monoisotopic (exact) mass is 324 g/mol. The molecule has 1 atom stereocenters. The molecule has 1 unspecified atom stereocenters. The molecule has 1 aromatic carbocycles. The highest BCUT2D eigenvalue weighted by molar-refractivity contribution is 7.90. The lowest BCUT2D eigenvalue weighted by molar-refractivity contribution is 0.256. The van der Waals surface area contributed by atoms with Crippen LogP contribution in [0.25, 0.3) is 0 Å². The standard InChI is InChI=1S/C11H14Cl2N2O3S/c1-3-7(2)19(17,18)15-11(16)14-8-4-5-9(12)10(13)6-8/h4-7H,3H2,1-2H3,(H2,14,15,16). The molecule has 5 nitrogen and oxygen atoms in total. The summed E-state index contributed by atoms with van der Waals surface area (Å²) in [6.45, 7) is 3.25. The number of anilines is 1. The van der Waals surface area contributed by atoms with Gasteiger partial charge in [0.2, 0.25) is 10.0 Å². The van der Waals surface area contributed by atoms with Crippen LogP contribution >= 0.6 is 23.2 Å². The van der Waals surface area contributed by atoms with Crippen molar-refractivity contribution < 1.29 is 13.2 Å². The third kappa shape index (κ3) is 4.56. The first kappa shape index (κ1) is 16.1. The number of benzene rings is 1. The second-order valence-corrected chi connectivity index (χ2v) is 6.86. The Morgan fingerprint density at radius 3 is 2.47 bits per heavy atom. The summed E-state index contributed by atoms with van der Waals surface area (Å²) in [5.41, 5.74) is 0.353. The molecule has 2 N–H and O–H groups in total.